The van der Waals surface area contributed by atoms with Crippen molar-refractivity contribution in [2.24, 2.45) is 0 Å². The standard InChI is InChI=1S/C13H7ClF2O3/c14-7-1-4-12(9(5-7)13(17)18)19-8-2-3-10(15)11(16)6-8/h1-6H,(H,17,18). The van der Waals surface area contributed by atoms with Gasteiger partial charge in [-0.05, 0) is 30.3 Å². The van der Waals surface area contributed by atoms with Crippen molar-refractivity contribution in [3.05, 3.63) is 58.6 Å². The highest BCUT2D eigenvalue weighted by Gasteiger charge is 2.13. The molecule has 0 spiro atoms. The number of ether oxygens (including phenoxy) is 1. The smallest absolute Gasteiger partial charge is 0.339 e. The van der Waals surface area contributed by atoms with Gasteiger partial charge in [-0.2, -0.15) is 0 Å². The molecule has 0 aliphatic heterocycles. The van der Waals surface area contributed by atoms with Gasteiger partial charge in [0.2, 0.25) is 0 Å². The van der Waals surface area contributed by atoms with Gasteiger partial charge in [0.05, 0.1) is 0 Å². The summed E-state index contributed by atoms with van der Waals surface area (Å²) in [5.74, 6) is -3.35. The van der Waals surface area contributed by atoms with Crippen LogP contribution in [-0.2, 0) is 0 Å². The molecule has 19 heavy (non-hydrogen) atoms. The maximum absolute atomic E-state index is 13.0. The summed E-state index contributed by atoms with van der Waals surface area (Å²) in [6.45, 7) is 0. The molecule has 0 amide bonds. The number of carbonyl (C=O) groups is 1. The van der Waals surface area contributed by atoms with E-state index in [0.717, 1.165) is 12.1 Å². The van der Waals surface area contributed by atoms with E-state index >= 15 is 0 Å². The van der Waals surface area contributed by atoms with Crippen LogP contribution in [-0.4, -0.2) is 11.1 Å². The molecule has 2 rings (SSSR count). The molecule has 0 aliphatic rings. The SMILES string of the molecule is O=C(O)c1cc(Cl)ccc1Oc1ccc(F)c(F)c1. The molecule has 98 valence electrons. The molecule has 0 heterocycles. The Balaban J connectivity index is 2.37. The van der Waals surface area contributed by atoms with Crippen molar-refractivity contribution in [2.45, 2.75) is 0 Å². The molecule has 0 fully saturated rings. The molecule has 0 unspecified atom stereocenters. The number of carboxylic acids is 1. The van der Waals surface area contributed by atoms with Gasteiger partial charge >= 0.3 is 5.97 Å². The van der Waals surface area contributed by atoms with E-state index in [2.05, 4.69) is 0 Å². The van der Waals surface area contributed by atoms with Crippen LogP contribution in [0.1, 0.15) is 10.4 Å². The number of halogens is 3. The van der Waals surface area contributed by atoms with Gasteiger partial charge in [0.1, 0.15) is 17.1 Å². The lowest BCUT2D eigenvalue weighted by molar-refractivity contribution is 0.0694. The second kappa shape index (κ2) is 5.24. The van der Waals surface area contributed by atoms with E-state index in [-0.39, 0.29) is 22.1 Å². The van der Waals surface area contributed by atoms with Gasteiger partial charge in [-0.25, -0.2) is 13.6 Å². The summed E-state index contributed by atoms with van der Waals surface area (Å²) in [6.07, 6.45) is 0. The maximum Gasteiger partial charge on any atom is 0.339 e. The van der Waals surface area contributed by atoms with Gasteiger partial charge < -0.3 is 9.84 Å². The molecule has 0 aliphatic carbocycles. The van der Waals surface area contributed by atoms with Gasteiger partial charge in [-0.3, -0.25) is 0 Å². The van der Waals surface area contributed by atoms with Crippen LogP contribution in [0.4, 0.5) is 8.78 Å². The Bertz CT molecular complexity index is 644. The lowest BCUT2D eigenvalue weighted by atomic mass is 10.2. The molecule has 1 N–H and O–H groups in total. The summed E-state index contributed by atoms with van der Waals surface area (Å²) < 4.78 is 31.0. The minimum absolute atomic E-state index is 0.0104. The van der Waals surface area contributed by atoms with E-state index in [1.54, 1.807) is 0 Å². The first-order chi connectivity index (χ1) is 8.97. The quantitative estimate of drug-likeness (QED) is 0.922. The van der Waals surface area contributed by atoms with Crippen molar-refractivity contribution in [3.63, 3.8) is 0 Å². The first-order valence-corrected chi connectivity index (χ1v) is 5.51. The summed E-state index contributed by atoms with van der Waals surface area (Å²) in [6, 6.07) is 6.89. The topological polar surface area (TPSA) is 46.5 Å². The van der Waals surface area contributed by atoms with E-state index in [0.29, 0.717) is 0 Å². The minimum Gasteiger partial charge on any atom is -0.478 e. The molecule has 2 aromatic carbocycles. The molecule has 6 heteroatoms. The Labute approximate surface area is 112 Å². The molecule has 0 aromatic heterocycles. The average molecular weight is 285 g/mol. The molecule has 0 atom stereocenters. The molecule has 0 saturated carbocycles. The summed E-state index contributed by atoms with van der Waals surface area (Å²) in [5, 5.41) is 9.23. The van der Waals surface area contributed by atoms with Crippen LogP contribution in [0.2, 0.25) is 5.02 Å². The van der Waals surface area contributed by atoms with Crippen LogP contribution in [0.15, 0.2) is 36.4 Å². The first-order valence-electron chi connectivity index (χ1n) is 5.13. The van der Waals surface area contributed by atoms with Gasteiger partial charge in [-0.15, -0.1) is 0 Å². The molecule has 2 aromatic rings. The predicted molar refractivity (Wildman–Crippen MR) is 64.8 cm³/mol. The number of carboxylic acid groups (broad SMARTS) is 1. The summed E-state index contributed by atoms with van der Waals surface area (Å²) in [7, 11) is 0. The van der Waals surface area contributed by atoms with E-state index in [1.165, 1.54) is 24.3 Å². The Morgan fingerprint density at radius 2 is 1.84 bits per heavy atom. The molecule has 0 saturated heterocycles. The lowest BCUT2D eigenvalue weighted by Crippen LogP contribution is -2.00. The van der Waals surface area contributed by atoms with Crippen LogP contribution in [0.3, 0.4) is 0 Å². The summed E-state index contributed by atoms with van der Waals surface area (Å²) in [4.78, 5) is 11.0. The second-order valence-electron chi connectivity index (χ2n) is 3.62. The zero-order chi connectivity index (χ0) is 14.0. The van der Waals surface area contributed by atoms with Crippen LogP contribution < -0.4 is 4.74 Å². The Morgan fingerprint density at radius 3 is 2.47 bits per heavy atom. The zero-order valence-corrected chi connectivity index (χ0v) is 10.1. The third-order valence-corrected chi connectivity index (χ3v) is 2.53. The van der Waals surface area contributed by atoms with Crippen molar-refractivity contribution in [3.8, 4) is 11.5 Å². The molecule has 0 radical (unpaired) electrons. The lowest BCUT2D eigenvalue weighted by Gasteiger charge is -2.09. The number of benzene rings is 2. The molecular weight excluding hydrogens is 278 g/mol. The maximum atomic E-state index is 13.0. The van der Waals surface area contributed by atoms with Crippen molar-refractivity contribution in [1.82, 2.24) is 0 Å². The van der Waals surface area contributed by atoms with Crippen LogP contribution in [0.5, 0.6) is 11.5 Å². The predicted octanol–water partition coefficient (Wildman–Crippen LogP) is 4.11. The van der Waals surface area contributed by atoms with Gasteiger partial charge in [0.15, 0.2) is 11.6 Å². The van der Waals surface area contributed by atoms with Crippen LogP contribution in [0, 0.1) is 11.6 Å². The van der Waals surface area contributed by atoms with Crippen molar-refractivity contribution < 1.29 is 23.4 Å². The Hall–Kier alpha value is -2.14. The highest BCUT2D eigenvalue weighted by molar-refractivity contribution is 6.31. The normalized spacial score (nSPS) is 10.3. The fraction of sp³-hybridized carbons (Fsp3) is 0. The van der Waals surface area contributed by atoms with Crippen LogP contribution in [0.25, 0.3) is 0 Å². The Morgan fingerprint density at radius 1 is 1.11 bits per heavy atom. The largest absolute Gasteiger partial charge is 0.478 e. The molecule has 3 nitrogen and oxygen atoms in total. The minimum atomic E-state index is -1.24. The average Bonchev–Trinajstić information content (AvgIpc) is 2.36. The van der Waals surface area contributed by atoms with Gasteiger partial charge in [-0.1, -0.05) is 11.6 Å². The van der Waals surface area contributed by atoms with Gasteiger partial charge in [0, 0.05) is 11.1 Å². The number of hydrogen-bond donors (Lipinski definition) is 1. The third-order valence-electron chi connectivity index (χ3n) is 2.29. The number of hydrogen-bond acceptors (Lipinski definition) is 2. The Kier molecular flexibility index (Phi) is 3.66. The highest BCUT2D eigenvalue weighted by Crippen LogP contribution is 2.28. The molecule has 0 bridgehead atoms. The summed E-state index contributed by atoms with van der Waals surface area (Å²) in [5.41, 5.74) is -0.169. The van der Waals surface area contributed by atoms with Crippen molar-refractivity contribution in [2.75, 3.05) is 0 Å². The summed E-state index contributed by atoms with van der Waals surface area (Å²) >= 11 is 5.68. The van der Waals surface area contributed by atoms with E-state index < -0.39 is 17.6 Å². The zero-order valence-electron chi connectivity index (χ0n) is 9.36. The van der Waals surface area contributed by atoms with Crippen molar-refractivity contribution >= 4 is 17.6 Å². The fourth-order valence-electron chi connectivity index (χ4n) is 1.43. The molecular formula is C13H7ClF2O3. The van der Waals surface area contributed by atoms with Gasteiger partial charge in [0.25, 0.3) is 0 Å². The number of rotatable bonds is 3. The van der Waals surface area contributed by atoms with Crippen molar-refractivity contribution in [1.29, 1.82) is 0 Å². The fourth-order valence-corrected chi connectivity index (χ4v) is 1.60. The monoisotopic (exact) mass is 284 g/mol. The third kappa shape index (κ3) is 3.00. The highest BCUT2D eigenvalue weighted by atomic mass is 35.5. The number of aromatic carboxylic acids is 1. The van der Waals surface area contributed by atoms with E-state index in [4.69, 9.17) is 21.4 Å². The second-order valence-corrected chi connectivity index (χ2v) is 4.06. The van der Waals surface area contributed by atoms with Crippen LogP contribution >= 0.6 is 11.6 Å². The van der Waals surface area contributed by atoms with E-state index in [1.807, 2.05) is 0 Å². The van der Waals surface area contributed by atoms with E-state index in [9.17, 15) is 13.6 Å². The first kappa shape index (κ1) is 13.3.